The van der Waals surface area contributed by atoms with E-state index < -0.39 is 0 Å². The van der Waals surface area contributed by atoms with E-state index in [2.05, 4.69) is 10.3 Å². The quantitative estimate of drug-likeness (QED) is 0.731. The molecule has 1 N–H and O–H groups in total. The van der Waals surface area contributed by atoms with Gasteiger partial charge in [-0.1, -0.05) is 30.3 Å². The molecule has 1 aliphatic heterocycles. The maximum Gasteiger partial charge on any atom is 0.255 e. The first-order chi connectivity index (χ1) is 13.3. The van der Waals surface area contributed by atoms with Crippen molar-refractivity contribution in [2.45, 2.75) is 6.54 Å². The van der Waals surface area contributed by atoms with E-state index in [1.165, 1.54) is 0 Å². The van der Waals surface area contributed by atoms with Gasteiger partial charge in [0.15, 0.2) is 0 Å². The highest BCUT2D eigenvalue weighted by atomic mass is 16.5. The number of rotatable bonds is 6. The number of ether oxygens (including phenoxy) is 2. The average Bonchev–Trinajstić information content (AvgIpc) is 3.22. The number of hydrogen-bond acceptors (Lipinski definition) is 4. The third-order valence-corrected chi connectivity index (χ3v) is 4.23. The van der Waals surface area contributed by atoms with Gasteiger partial charge in [-0.25, -0.2) is 4.98 Å². The van der Waals surface area contributed by atoms with Gasteiger partial charge < -0.3 is 19.4 Å². The molecule has 4 rings (SSSR count). The van der Waals surface area contributed by atoms with Crippen molar-refractivity contribution in [3.8, 4) is 11.5 Å². The molecule has 0 atom stereocenters. The Morgan fingerprint density at radius 1 is 1.19 bits per heavy atom. The van der Waals surface area contributed by atoms with Crippen LogP contribution < -0.4 is 14.8 Å². The van der Waals surface area contributed by atoms with E-state index in [-0.39, 0.29) is 12.5 Å². The second kappa shape index (κ2) is 7.78. The summed E-state index contributed by atoms with van der Waals surface area (Å²) in [5.41, 5.74) is 2.11. The lowest BCUT2D eigenvalue weighted by Crippen LogP contribution is -2.21. The number of anilines is 1. The summed E-state index contributed by atoms with van der Waals surface area (Å²) in [5, 5.41) is 2.92. The molecule has 0 spiro atoms. The number of hydrogen-bond donors (Lipinski definition) is 1. The van der Waals surface area contributed by atoms with Crippen molar-refractivity contribution >= 4 is 17.7 Å². The van der Waals surface area contributed by atoms with E-state index in [1.54, 1.807) is 12.5 Å². The van der Waals surface area contributed by atoms with E-state index in [0.717, 1.165) is 11.3 Å². The van der Waals surface area contributed by atoms with E-state index in [0.29, 0.717) is 30.2 Å². The van der Waals surface area contributed by atoms with Gasteiger partial charge in [0.1, 0.15) is 24.7 Å². The van der Waals surface area contributed by atoms with Crippen LogP contribution in [0.1, 0.15) is 5.56 Å². The van der Waals surface area contributed by atoms with Gasteiger partial charge in [0.25, 0.3) is 5.91 Å². The summed E-state index contributed by atoms with van der Waals surface area (Å²) in [7, 11) is 0. The Balaban J connectivity index is 1.43. The van der Waals surface area contributed by atoms with Crippen LogP contribution in [-0.2, 0) is 11.3 Å². The van der Waals surface area contributed by atoms with Gasteiger partial charge in [-0.05, 0) is 24.3 Å². The summed E-state index contributed by atoms with van der Waals surface area (Å²) in [4.78, 5) is 16.7. The van der Waals surface area contributed by atoms with Gasteiger partial charge in [-0.15, -0.1) is 0 Å². The molecule has 136 valence electrons. The smallest absolute Gasteiger partial charge is 0.255 e. The van der Waals surface area contributed by atoms with Crippen LogP contribution >= 0.6 is 0 Å². The molecule has 1 aliphatic rings. The summed E-state index contributed by atoms with van der Waals surface area (Å²) >= 11 is 0. The Morgan fingerprint density at radius 2 is 2.04 bits per heavy atom. The lowest BCUT2D eigenvalue weighted by Gasteiger charge is -2.18. The molecule has 2 aromatic carbocycles. The van der Waals surface area contributed by atoms with Gasteiger partial charge in [-0.3, -0.25) is 4.79 Å². The second-order valence-electron chi connectivity index (χ2n) is 6.10. The van der Waals surface area contributed by atoms with Crippen LogP contribution in [-0.4, -0.2) is 28.7 Å². The number of amides is 1. The first kappa shape index (κ1) is 16.9. The fourth-order valence-corrected chi connectivity index (χ4v) is 2.83. The molecule has 2 heterocycles. The average molecular weight is 361 g/mol. The molecule has 0 unspecified atom stereocenters. The number of imidazole rings is 1. The van der Waals surface area contributed by atoms with Crippen molar-refractivity contribution in [2.24, 2.45) is 0 Å². The Hall–Kier alpha value is -3.54. The normalized spacial score (nSPS) is 12.5. The van der Waals surface area contributed by atoms with Crippen LogP contribution in [0.5, 0.6) is 11.5 Å². The van der Waals surface area contributed by atoms with Crippen LogP contribution in [0.15, 0.2) is 72.8 Å². The van der Waals surface area contributed by atoms with Gasteiger partial charge in [-0.2, -0.15) is 0 Å². The van der Waals surface area contributed by atoms with Crippen LogP contribution in [0.3, 0.4) is 0 Å². The van der Waals surface area contributed by atoms with Crippen molar-refractivity contribution in [1.29, 1.82) is 0 Å². The number of carbonyl (C=O) groups excluding carboxylic acids is 1. The van der Waals surface area contributed by atoms with Gasteiger partial charge >= 0.3 is 0 Å². The highest BCUT2D eigenvalue weighted by Gasteiger charge is 2.18. The molecule has 27 heavy (non-hydrogen) atoms. The molecule has 0 aliphatic carbocycles. The molecule has 0 saturated carbocycles. The van der Waals surface area contributed by atoms with E-state index in [9.17, 15) is 4.79 Å². The first-order valence-corrected chi connectivity index (χ1v) is 8.71. The van der Waals surface area contributed by atoms with Crippen LogP contribution in [0, 0.1) is 0 Å². The van der Waals surface area contributed by atoms with Crippen molar-refractivity contribution < 1.29 is 14.3 Å². The molecule has 3 aromatic rings. The summed E-state index contributed by atoms with van der Waals surface area (Å²) in [6.45, 7) is 1.40. The summed E-state index contributed by atoms with van der Waals surface area (Å²) in [5.74, 6) is 1.22. The minimum Gasteiger partial charge on any atom is -0.490 e. The van der Waals surface area contributed by atoms with Gasteiger partial charge in [0.2, 0.25) is 0 Å². The van der Waals surface area contributed by atoms with Gasteiger partial charge in [0, 0.05) is 18.0 Å². The first-order valence-electron chi connectivity index (χ1n) is 8.71. The molecule has 1 aromatic heterocycles. The maximum atomic E-state index is 12.7. The summed E-state index contributed by atoms with van der Waals surface area (Å²) < 4.78 is 13.4. The molecule has 1 amide bonds. The summed E-state index contributed by atoms with van der Waals surface area (Å²) in [6, 6.07) is 15.0. The highest BCUT2D eigenvalue weighted by molar-refractivity contribution is 6.08. The molecular formula is C21H19N3O3. The van der Waals surface area contributed by atoms with Crippen molar-refractivity contribution in [2.75, 3.05) is 18.5 Å². The lowest BCUT2D eigenvalue weighted by atomic mass is 10.1. The third kappa shape index (κ3) is 4.00. The van der Waals surface area contributed by atoms with E-state index in [4.69, 9.17) is 9.47 Å². The number of fused-ring (bicyclic) bond motifs is 1. The van der Waals surface area contributed by atoms with Crippen molar-refractivity contribution in [3.05, 3.63) is 78.4 Å². The fourth-order valence-electron chi connectivity index (χ4n) is 2.83. The zero-order valence-electron chi connectivity index (χ0n) is 14.7. The predicted molar refractivity (Wildman–Crippen MR) is 103 cm³/mol. The predicted octanol–water partition coefficient (Wildman–Crippen LogP) is 3.38. The fraction of sp³-hybridized carbons (Fsp3) is 0.143. The largest absolute Gasteiger partial charge is 0.490 e. The van der Waals surface area contributed by atoms with Crippen molar-refractivity contribution in [1.82, 2.24) is 9.55 Å². The zero-order chi connectivity index (χ0) is 18.5. The zero-order valence-corrected chi connectivity index (χ0v) is 14.7. The number of para-hydroxylation sites is 3. The summed E-state index contributed by atoms with van der Waals surface area (Å²) in [6.07, 6.45) is 7.21. The molecule has 6 nitrogen and oxygen atoms in total. The minimum atomic E-state index is -0.199. The standard InChI is InChI=1S/C21H19N3O3/c25-21(17-13-16-5-1-3-7-19(16)27-14-17)23-18-6-2-4-8-20(18)26-12-11-24-10-9-22-15-24/h1-10,13,15H,11-12,14H2,(H,23,25). The molecule has 0 radical (unpaired) electrons. The van der Waals surface area contributed by atoms with Crippen molar-refractivity contribution in [3.63, 3.8) is 0 Å². The van der Waals surface area contributed by atoms with E-state index in [1.807, 2.05) is 65.4 Å². The van der Waals surface area contributed by atoms with E-state index >= 15 is 0 Å². The Labute approximate surface area is 157 Å². The second-order valence-corrected chi connectivity index (χ2v) is 6.10. The Morgan fingerprint density at radius 3 is 2.93 bits per heavy atom. The van der Waals surface area contributed by atoms with Crippen LogP contribution in [0.2, 0.25) is 0 Å². The minimum absolute atomic E-state index is 0.199. The third-order valence-electron chi connectivity index (χ3n) is 4.23. The number of benzene rings is 2. The lowest BCUT2D eigenvalue weighted by molar-refractivity contribution is -0.113. The Kier molecular flexibility index (Phi) is 4.87. The SMILES string of the molecule is O=C(Nc1ccccc1OCCn1ccnc1)C1=Cc2ccccc2OC1. The Bertz CT molecular complexity index is 964. The molecule has 0 fully saturated rings. The molecule has 6 heteroatoms. The molecule has 0 bridgehead atoms. The number of nitrogens with zero attached hydrogens (tertiary/aromatic N) is 2. The number of carbonyl (C=O) groups is 1. The highest BCUT2D eigenvalue weighted by Crippen LogP contribution is 2.28. The van der Waals surface area contributed by atoms with Crippen LogP contribution in [0.4, 0.5) is 5.69 Å². The van der Waals surface area contributed by atoms with Gasteiger partial charge in [0.05, 0.1) is 24.1 Å². The monoisotopic (exact) mass is 361 g/mol. The maximum absolute atomic E-state index is 12.7. The van der Waals surface area contributed by atoms with Crippen LogP contribution in [0.25, 0.3) is 6.08 Å². The number of nitrogens with one attached hydrogen (secondary N) is 1. The molecular weight excluding hydrogens is 342 g/mol. The number of aromatic nitrogens is 2. The topological polar surface area (TPSA) is 65.4 Å². The molecule has 0 saturated heterocycles.